The number of pyridine rings is 1. The van der Waals surface area contributed by atoms with Crippen LogP contribution in [0.4, 0.5) is 13.2 Å². The van der Waals surface area contributed by atoms with Crippen molar-refractivity contribution in [2.75, 3.05) is 13.2 Å². The maximum atomic E-state index is 11.9. The predicted octanol–water partition coefficient (Wildman–Crippen LogP) is 3.07. The molecule has 1 atom stereocenters. The highest BCUT2D eigenvalue weighted by molar-refractivity contribution is 5.81. The Morgan fingerprint density at radius 2 is 1.95 bits per heavy atom. The lowest BCUT2D eigenvalue weighted by Crippen LogP contribution is -2.26. The topological polar surface area (TPSA) is 48.1 Å². The van der Waals surface area contributed by atoms with Crippen molar-refractivity contribution in [3.05, 3.63) is 42.1 Å². The quantitative estimate of drug-likeness (QED) is 0.834. The van der Waals surface area contributed by atoms with Crippen molar-refractivity contribution >= 4 is 10.9 Å². The molecule has 0 aliphatic carbocycles. The Morgan fingerprint density at radius 3 is 2.71 bits per heavy atom. The lowest BCUT2D eigenvalue weighted by atomic mass is 10.0. The van der Waals surface area contributed by atoms with Gasteiger partial charge in [0.25, 0.3) is 0 Å². The average molecular weight is 298 g/mol. The molecule has 0 bridgehead atoms. The van der Waals surface area contributed by atoms with Crippen molar-refractivity contribution in [3.8, 4) is 0 Å². The highest BCUT2D eigenvalue weighted by Crippen LogP contribution is 2.18. The first kappa shape index (κ1) is 15.7. The third kappa shape index (κ3) is 4.99. The van der Waals surface area contributed by atoms with E-state index in [4.69, 9.17) is 5.73 Å². The van der Waals surface area contributed by atoms with Crippen LogP contribution < -0.4 is 5.73 Å². The first-order chi connectivity index (χ1) is 9.96. The molecule has 0 amide bonds. The first-order valence-corrected chi connectivity index (χ1v) is 6.68. The number of nitrogens with two attached hydrogens (primary N) is 1. The monoisotopic (exact) mass is 298 g/mol. The SMILES string of the molecule is NC(CCOCC(F)(F)F)Cc1ccnc2ccccc12. The number of benzene rings is 1. The fourth-order valence-corrected chi connectivity index (χ4v) is 2.14. The minimum Gasteiger partial charge on any atom is -0.372 e. The average Bonchev–Trinajstić information content (AvgIpc) is 2.43. The summed E-state index contributed by atoms with van der Waals surface area (Å²) in [7, 11) is 0. The zero-order chi connectivity index (χ0) is 15.3. The summed E-state index contributed by atoms with van der Waals surface area (Å²) in [6.45, 7) is -1.22. The molecule has 0 saturated heterocycles. The molecule has 0 saturated carbocycles. The number of hydrogen-bond acceptors (Lipinski definition) is 3. The second kappa shape index (κ2) is 6.87. The van der Waals surface area contributed by atoms with Gasteiger partial charge in [-0.25, -0.2) is 0 Å². The number of aromatic nitrogens is 1. The van der Waals surface area contributed by atoms with E-state index in [9.17, 15) is 13.2 Å². The van der Waals surface area contributed by atoms with Gasteiger partial charge in [-0.2, -0.15) is 13.2 Å². The van der Waals surface area contributed by atoms with Gasteiger partial charge in [-0.05, 0) is 30.5 Å². The molecule has 1 aromatic carbocycles. The fourth-order valence-electron chi connectivity index (χ4n) is 2.14. The van der Waals surface area contributed by atoms with Crippen LogP contribution in [-0.2, 0) is 11.2 Å². The van der Waals surface area contributed by atoms with Crippen LogP contribution in [0.2, 0.25) is 0 Å². The Kier molecular flexibility index (Phi) is 5.14. The van der Waals surface area contributed by atoms with Gasteiger partial charge in [-0.3, -0.25) is 4.98 Å². The summed E-state index contributed by atoms with van der Waals surface area (Å²) >= 11 is 0. The van der Waals surface area contributed by atoms with Crippen LogP contribution >= 0.6 is 0 Å². The largest absolute Gasteiger partial charge is 0.411 e. The standard InChI is InChI=1S/C15H17F3N2O/c16-15(17,18)10-21-8-6-12(19)9-11-5-7-20-14-4-2-1-3-13(11)14/h1-5,7,12H,6,8-10,19H2. The third-order valence-corrected chi connectivity index (χ3v) is 3.12. The number of fused-ring (bicyclic) bond motifs is 1. The second-order valence-corrected chi connectivity index (χ2v) is 4.91. The summed E-state index contributed by atoms with van der Waals surface area (Å²) in [6.07, 6.45) is -1.61. The van der Waals surface area contributed by atoms with Gasteiger partial charge >= 0.3 is 6.18 Å². The van der Waals surface area contributed by atoms with Gasteiger partial charge in [-0.1, -0.05) is 18.2 Å². The van der Waals surface area contributed by atoms with E-state index in [0.717, 1.165) is 16.5 Å². The highest BCUT2D eigenvalue weighted by atomic mass is 19.4. The number of hydrogen-bond donors (Lipinski definition) is 1. The van der Waals surface area contributed by atoms with Gasteiger partial charge in [0.05, 0.1) is 5.52 Å². The van der Waals surface area contributed by atoms with Crippen LogP contribution in [0.1, 0.15) is 12.0 Å². The van der Waals surface area contributed by atoms with Crippen molar-refractivity contribution in [1.29, 1.82) is 0 Å². The molecule has 1 aromatic heterocycles. The summed E-state index contributed by atoms with van der Waals surface area (Å²) in [5.41, 5.74) is 7.89. The molecule has 2 aromatic rings. The first-order valence-electron chi connectivity index (χ1n) is 6.68. The molecule has 114 valence electrons. The van der Waals surface area contributed by atoms with Crippen molar-refractivity contribution < 1.29 is 17.9 Å². The summed E-state index contributed by atoms with van der Waals surface area (Å²) in [5.74, 6) is 0. The molecule has 3 nitrogen and oxygen atoms in total. The van der Waals surface area contributed by atoms with Crippen molar-refractivity contribution in [1.82, 2.24) is 4.98 Å². The van der Waals surface area contributed by atoms with E-state index in [1.807, 2.05) is 30.3 Å². The van der Waals surface area contributed by atoms with Crippen LogP contribution in [-0.4, -0.2) is 30.4 Å². The Bertz CT molecular complexity index is 581. The summed E-state index contributed by atoms with van der Waals surface area (Å²) in [5, 5.41) is 1.02. The van der Waals surface area contributed by atoms with E-state index in [0.29, 0.717) is 12.8 Å². The van der Waals surface area contributed by atoms with Gasteiger partial charge in [0.1, 0.15) is 6.61 Å². The Balaban J connectivity index is 1.88. The second-order valence-electron chi connectivity index (χ2n) is 4.91. The van der Waals surface area contributed by atoms with Gasteiger partial charge in [0, 0.05) is 24.2 Å². The summed E-state index contributed by atoms with van der Waals surface area (Å²) < 4.78 is 40.4. The fraction of sp³-hybridized carbons (Fsp3) is 0.400. The maximum absolute atomic E-state index is 11.9. The summed E-state index contributed by atoms with van der Waals surface area (Å²) in [6, 6.07) is 9.35. The zero-order valence-corrected chi connectivity index (χ0v) is 11.4. The van der Waals surface area contributed by atoms with E-state index in [-0.39, 0.29) is 12.6 Å². The van der Waals surface area contributed by atoms with Crippen LogP contribution in [0.15, 0.2) is 36.5 Å². The van der Waals surface area contributed by atoms with Crippen LogP contribution in [0.5, 0.6) is 0 Å². The minimum atomic E-state index is -4.29. The molecule has 21 heavy (non-hydrogen) atoms. The smallest absolute Gasteiger partial charge is 0.372 e. The van der Waals surface area contributed by atoms with Gasteiger partial charge in [0.15, 0.2) is 0 Å². The maximum Gasteiger partial charge on any atom is 0.411 e. The molecule has 1 heterocycles. The van der Waals surface area contributed by atoms with Gasteiger partial charge in [0.2, 0.25) is 0 Å². The number of nitrogens with zero attached hydrogens (tertiary/aromatic N) is 1. The molecule has 1 unspecified atom stereocenters. The molecule has 6 heteroatoms. The predicted molar refractivity (Wildman–Crippen MR) is 74.9 cm³/mol. The molecule has 0 radical (unpaired) electrons. The number of ether oxygens (including phenoxy) is 1. The van der Waals surface area contributed by atoms with Crippen LogP contribution in [0.25, 0.3) is 10.9 Å². The highest BCUT2D eigenvalue weighted by Gasteiger charge is 2.27. The Hall–Kier alpha value is -1.66. The number of alkyl halides is 3. The van der Waals surface area contributed by atoms with E-state index in [1.54, 1.807) is 6.20 Å². The molecule has 0 aliphatic rings. The van der Waals surface area contributed by atoms with E-state index < -0.39 is 12.8 Å². The van der Waals surface area contributed by atoms with Crippen molar-refractivity contribution in [2.45, 2.75) is 25.1 Å². The zero-order valence-electron chi connectivity index (χ0n) is 11.4. The number of para-hydroxylation sites is 1. The molecule has 2 rings (SSSR count). The Morgan fingerprint density at radius 1 is 1.19 bits per heavy atom. The third-order valence-electron chi connectivity index (χ3n) is 3.12. The molecule has 0 aliphatic heterocycles. The summed E-state index contributed by atoms with van der Waals surface area (Å²) in [4.78, 5) is 4.26. The van der Waals surface area contributed by atoms with Crippen molar-refractivity contribution in [2.24, 2.45) is 5.73 Å². The Labute approximate surface area is 120 Å². The normalized spacial score (nSPS) is 13.5. The van der Waals surface area contributed by atoms with Crippen LogP contribution in [0, 0.1) is 0 Å². The van der Waals surface area contributed by atoms with Crippen LogP contribution in [0.3, 0.4) is 0 Å². The van der Waals surface area contributed by atoms with Gasteiger partial charge in [-0.15, -0.1) is 0 Å². The molecular formula is C15H17F3N2O. The number of halogens is 3. The number of rotatable bonds is 6. The van der Waals surface area contributed by atoms with E-state index in [2.05, 4.69) is 9.72 Å². The molecule has 0 spiro atoms. The molecular weight excluding hydrogens is 281 g/mol. The minimum absolute atomic E-state index is 0.00366. The lowest BCUT2D eigenvalue weighted by molar-refractivity contribution is -0.174. The molecule has 0 fully saturated rings. The van der Waals surface area contributed by atoms with E-state index in [1.165, 1.54) is 0 Å². The van der Waals surface area contributed by atoms with Crippen molar-refractivity contribution in [3.63, 3.8) is 0 Å². The lowest BCUT2D eigenvalue weighted by Gasteiger charge is -2.14. The van der Waals surface area contributed by atoms with E-state index >= 15 is 0 Å². The van der Waals surface area contributed by atoms with Gasteiger partial charge < -0.3 is 10.5 Å². The molecule has 2 N–H and O–H groups in total.